The van der Waals surface area contributed by atoms with Crippen LogP contribution in [0.4, 0.5) is 0 Å². The van der Waals surface area contributed by atoms with Gasteiger partial charge in [-0.15, -0.1) is 0 Å². The Morgan fingerprint density at radius 2 is 2.00 bits per heavy atom. The van der Waals surface area contributed by atoms with E-state index in [0.717, 1.165) is 29.6 Å². The number of H-pyrrole nitrogens is 1. The number of rotatable bonds is 6. The number of aromatic nitrogens is 2. The third-order valence-corrected chi connectivity index (χ3v) is 4.09. The molecule has 0 saturated carbocycles. The van der Waals surface area contributed by atoms with E-state index in [0.29, 0.717) is 17.8 Å². The summed E-state index contributed by atoms with van der Waals surface area (Å²) in [6.45, 7) is 8.27. The van der Waals surface area contributed by atoms with Crippen LogP contribution >= 0.6 is 0 Å². The highest BCUT2D eigenvalue weighted by molar-refractivity contribution is 5.75. The number of methoxy groups -OCH3 is 1. The van der Waals surface area contributed by atoms with Crippen LogP contribution in [0.2, 0.25) is 0 Å². The third-order valence-electron chi connectivity index (χ3n) is 4.09. The fourth-order valence-corrected chi connectivity index (χ4v) is 2.63. The van der Waals surface area contributed by atoms with Gasteiger partial charge in [0, 0.05) is 17.3 Å². The number of fused-ring (bicyclic) bond motifs is 1. The molecule has 0 aliphatic rings. The summed E-state index contributed by atoms with van der Waals surface area (Å²) >= 11 is 0. The van der Waals surface area contributed by atoms with Crippen molar-refractivity contribution in [3.05, 3.63) is 56.9 Å². The second-order valence-electron chi connectivity index (χ2n) is 6.38. The van der Waals surface area contributed by atoms with Gasteiger partial charge in [0.2, 0.25) is 11.3 Å². The van der Waals surface area contributed by atoms with Crippen LogP contribution in [0.15, 0.2) is 40.2 Å². The summed E-state index contributed by atoms with van der Waals surface area (Å²) in [5, 5.41) is 0. The van der Waals surface area contributed by atoms with E-state index in [1.54, 1.807) is 13.2 Å². The second kappa shape index (κ2) is 7.95. The molecule has 24 heavy (non-hydrogen) atoms. The van der Waals surface area contributed by atoms with Gasteiger partial charge in [-0.05, 0) is 53.0 Å². The van der Waals surface area contributed by atoms with Crippen molar-refractivity contribution in [2.75, 3.05) is 7.11 Å². The smallest absolute Gasteiger partial charge is 0.213 e. The molecule has 0 radical (unpaired) electrons. The van der Waals surface area contributed by atoms with Crippen molar-refractivity contribution in [2.45, 2.75) is 47.0 Å². The van der Waals surface area contributed by atoms with Crippen LogP contribution in [0.25, 0.3) is 11.0 Å². The molecule has 2 aromatic rings. The van der Waals surface area contributed by atoms with E-state index >= 15 is 0 Å². The van der Waals surface area contributed by atoms with Crippen molar-refractivity contribution in [1.29, 1.82) is 0 Å². The van der Waals surface area contributed by atoms with Crippen molar-refractivity contribution in [1.82, 2.24) is 9.97 Å². The van der Waals surface area contributed by atoms with E-state index in [1.165, 1.54) is 11.1 Å². The Balaban J connectivity index is 2.28. The molecule has 0 aliphatic heterocycles. The van der Waals surface area contributed by atoms with Crippen LogP contribution in [0.5, 0.6) is 5.88 Å². The molecule has 2 heterocycles. The molecular formula is C20H26N2O2. The normalized spacial score (nSPS) is 11.6. The van der Waals surface area contributed by atoms with Crippen molar-refractivity contribution in [3.63, 3.8) is 0 Å². The predicted octanol–water partition coefficient (Wildman–Crippen LogP) is 4.48. The van der Waals surface area contributed by atoms with Gasteiger partial charge in [-0.25, -0.2) is 4.98 Å². The summed E-state index contributed by atoms with van der Waals surface area (Å²) in [7, 11) is 1.55. The maximum absolute atomic E-state index is 12.8. The highest BCUT2D eigenvalue weighted by atomic mass is 16.5. The topological polar surface area (TPSA) is 55.0 Å². The SMILES string of the molecule is COc1ccc2[nH]c(C)c(C/C=C(\C)CCC=C(C)C)c(=O)c2n1. The first-order chi connectivity index (χ1) is 11.4. The Labute approximate surface area is 143 Å². The van der Waals surface area contributed by atoms with Crippen LogP contribution in [-0.2, 0) is 6.42 Å². The first-order valence-corrected chi connectivity index (χ1v) is 8.28. The van der Waals surface area contributed by atoms with Crippen molar-refractivity contribution < 1.29 is 4.74 Å². The van der Waals surface area contributed by atoms with Gasteiger partial charge in [0.15, 0.2) is 0 Å². The standard InChI is InChI=1S/C20H26N2O2/c1-13(2)7-6-8-14(3)9-10-16-15(4)21-17-11-12-18(24-5)22-19(17)20(16)23/h7,9,11-12H,6,8,10H2,1-5H3,(H,21,23)/b14-9+. The second-order valence-corrected chi connectivity index (χ2v) is 6.38. The summed E-state index contributed by atoms with van der Waals surface area (Å²) in [6.07, 6.45) is 7.05. The summed E-state index contributed by atoms with van der Waals surface area (Å²) in [5.41, 5.74) is 5.46. The van der Waals surface area contributed by atoms with Gasteiger partial charge >= 0.3 is 0 Å². The number of pyridine rings is 2. The molecule has 0 spiro atoms. The number of ether oxygens (including phenoxy) is 1. The molecule has 0 aromatic carbocycles. The zero-order chi connectivity index (χ0) is 17.7. The minimum Gasteiger partial charge on any atom is -0.481 e. The molecule has 4 heteroatoms. The molecule has 0 saturated heterocycles. The predicted molar refractivity (Wildman–Crippen MR) is 99.8 cm³/mol. The van der Waals surface area contributed by atoms with Gasteiger partial charge in [-0.3, -0.25) is 4.79 Å². The van der Waals surface area contributed by atoms with Gasteiger partial charge in [0.05, 0.1) is 12.6 Å². The summed E-state index contributed by atoms with van der Waals surface area (Å²) in [6, 6.07) is 3.59. The fraction of sp³-hybridized carbons (Fsp3) is 0.400. The third kappa shape index (κ3) is 4.34. The minimum absolute atomic E-state index is 0.0199. The first-order valence-electron chi connectivity index (χ1n) is 8.28. The molecular weight excluding hydrogens is 300 g/mol. The number of nitrogens with zero attached hydrogens (tertiary/aromatic N) is 1. The average molecular weight is 326 g/mol. The minimum atomic E-state index is -0.0199. The Bertz CT molecular complexity index is 841. The van der Waals surface area contributed by atoms with E-state index in [4.69, 9.17) is 4.74 Å². The van der Waals surface area contributed by atoms with Gasteiger partial charge in [0.25, 0.3) is 0 Å². The van der Waals surface area contributed by atoms with Gasteiger partial charge in [-0.1, -0.05) is 23.3 Å². The lowest BCUT2D eigenvalue weighted by atomic mass is 10.0. The molecule has 2 aromatic heterocycles. The van der Waals surface area contributed by atoms with E-state index in [9.17, 15) is 4.79 Å². The zero-order valence-corrected chi connectivity index (χ0v) is 15.2. The molecule has 0 bridgehead atoms. The Morgan fingerprint density at radius 3 is 2.67 bits per heavy atom. The number of allylic oxidation sites excluding steroid dienone is 4. The maximum Gasteiger partial charge on any atom is 0.213 e. The molecule has 128 valence electrons. The molecule has 0 atom stereocenters. The van der Waals surface area contributed by atoms with Crippen LogP contribution in [0, 0.1) is 6.92 Å². The first kappa shape index (κ1) is 18.0. The highest BCUT2D eigenvalue weighted by Gasteiger charge is 2.10. The quantitative estimate of drug-likeness (QED) is 0.797. The zero-order valence-electron chi connectivity index (χ0n) is 15.2. The summed E-state index contributed by atoms with van der Waals surface area (Å²) in [5.74, 6) is 0.455. The number of nitrogens with one attached hydrogen (secondary N) is 1. The molecule has 1 N–H and O–H groups in total. The van der Waals surface area contributed by atoms with Crippen molar-refractivity contribution >= 4 is 11.0 Å². The Hall–Kier alpha value is -2.36. The van der Waals surface area contributed by atoms with E-state index in [1.807, 2.05) is 13.0 Å². The lowest BCUT2D eigenvalue weighted by Gasteiger charge is -2.07. The lowest BCUT2D eigenvalue weighted by molar-refractivity contribution is 0.399. The monoisotopic (exact) mass is 326 g/mol. The molecule has 4 nitrogen and oxygen atoms in total. The van der Waals surface area contributed by atoms with E-state index in [2.05, 4.69) is 42.9 Å². The summed E-state index contributed by atoms with van der Waals surface area (Å²) in [4.78, 5) is 20.3. The van der Waals surface area contributed by atoms with Crippen LogP contribution < -0.4 is 10.2 Å². The molecule has 0 fully saturated rings. The molecule has 2 rings (SSSR count). The van der Waals surface area contributed by atoms with Crippen LogP contribution in [0.3, 0.4) is 0 Å². The van der Waals surface area contributed by atoms with Crippen LogP contribution in [0.1, 0.15) is 44.9 Å². The highest BCUT2D eigenvalue weighted by Crippen LogP contribution is 2.15. The number of hydrogen-bond donors (Lipinski definition) is 1. The average Bonchev–Trinajstić information content (AvgIpc) is 2.54. The maximum atomic E-state index is 12.8. The van der Waals surface area contributed by atoms with Gasteiger partial charge in [0.1, 0.15) is 5.52 Å². The van der Waals surface area contributed by atoms with E-state index in [-0.39, 0.29) is 5.43 Å². The number of hydrogen-bond acceptors (Lipinski definition) is 3. The lowest BCUT2D eigenvalue weighted by Crippen LogP contribution is -2.14. The summed E-state index contributed by atoms with van der Waals surface area (Å²) < 4.78 is 5.13. The Kier molecular flexibility index (Phi) is 5.96. The number of aromatic amines is 1. The van der Waals surface area contributed by atoms with Crippen LogP contribution in [-0.4, -0.2) is 17.1 Å². The fourth-order valence-electron chi connectivity index (χ4n) is 2.63. The van der Waals surface area contributed by atoms with Gasteiger partial charge in [-0.2, -0.15) is 0 Å². The van der Waals surface area contributed by atoms with E-state index < -0.39 is 0 Å². The number of aryl methyl sites for hydroxylation is 1. The molecule has 0 amide bonds. The molecule has 0 aliphatic carbocycles. The van der Waals surface area contributed by atoms with Gasteiger partial charge < -0.3 is 9.72 Å². The Morgan fingerprint density at radius 1 is 1.25 bits per heavy atom. The largest absolute Gasteiger partial charge is 0.481 e. The van der Waals surface area contributed by atoms with Crippen molar-refractivity contribution in [3.8, 4) is 5.88 Å². The molecule has 0 unspecified atom stereocenters. The van der Waals surface area contributed by atoms with Crippen molar-refractivity contribution in [2.24, 2.45) is 0 Å².